The van der Waals surface area contributed by atoms with Crippen molar-refractivity contribution in [3.05, 3.63) is 64.2 Å². The maximum Gasteiger partial charge on any atom is 0.410 e. The third-order valence-corrected chi connectivity index (χ3v) is 16.3. The van der Waals surface area contributed by atoms with Crippen LogP contribution in [0.1, 0.15) is 96.6 Å². The van der Waals surface area contributed by atoms with Gasteiger partial charge in [-0.1, -0.05) is 66.2 Å². The lowest BCUT2D eigenvalue weighted by Crippen LogP contribution is -2.63. The predicted molar refractivity (Wildman–Crippen MR) is 289 cm³/mol. The van der Waals surface area contributed by atoms with Gasteiger partial charge in [-0.25, -0.2) is 19.2 Å². The highest BCUT2D eigenvalue weighted by atomic mass is 35.5. The summed E-state index contributed by atoms with van der Waals surface area (Å²) in [7, 11) is 7.42. The Kier molecular flexibility index (Phi) is 22.2. The molecule has 5 aliphatic rings. The van der Waals surface area contributed by atoms with E-state index < -0.39 is 102 Å². The zero-order valence-electron chi connectivity index (χ0n) is 46.7. The predicted octanol–water partition coefficient (Wildman–Crippen LogP) is 5.40. The number of hydrogen-bond donors (Lipinski definition) is 2. The number of esters is 1. The molecule has 6 amide bonds. The maximum atomic E-state index is 14.1. The SMILES string of the molecule is COc1cc2cc(c1Cl)CC(=O)C[C@H](OC(=O)[C@H](C)N(C)C(=O)CCSC(=O)N(C)CCN(C)C(=O)OC1/C=C/CC(OCC(=O)ON3C(=O)CCC3=O)CCC1)[C@]1(C)O[C@H]1[C@H](C)[C@@H]1C[C@@](O)(NC(=O)O1)[C@H](OC)/C=C/C=C(\C)C2. The third kappa shape index (κ3) is 16.5. The number of hydroxylamine groups is 2. The van der Waals surface area contributed by atoms with Crippen molar-refractivity contribution in [2.24, 2.45) is 5.92 Å². The second-order valence-electron chi connectivity index (χ2n) is 21.0. The number of ketones is 1. The van der Waals surface area contributed by atoms with Crippen LogP contribution in [0.3, 0.4) is 0 Å². The Balaban J connectivity index is 0.997. The van der Waals surface area contributed by atoms with Crippen molar-refractivity contribution in [3.8, 4) is 5.75 Å². The van der Waals surface area contributed by atoms with Crippen LogP contribution in [0.2, 0.25) is 5.02 Å². The summed E-state index contributed by atoms with van der Waals surface area (Å²) in [5, 5.41) is 14.7. The van der Waals surface area contributed by atoms with Crippen LogP contribution in [0.15, 0.2) is 48.1 Å². The molecular weight excluding hydrogens is 1090 g/mol. The van der Waals surface area contributed by atoms with Crippen LogP contribution < -0.4 is 10.1 Å². The molecule has 0 radical (unpaired) electrons. The number of halogens is 1. The molecule has 2 unspecified atom stereocenters. The van der Waals surface area contributed by atoms with Crippen LogP contribution in [0.4, 0.5) is 14.4 Å². The van der Waals surface area contributed by atoms with Crippen molar-refractivity contribution < 1.29 is 86.3 Å². The molecule has 440 valence electrons. The number of aliphatic hydroxyl groups is 1. The molecule has 25 heteroatoms. The summed E-state index contributed by atoms with van der Waals surface area (Å²) in [5.41, 5.74) is -0.958. The first kappa shape index (κ1) is 63.1. The fourth-order valence-corrected chi connectivity index (χ4v) is 10.8. The van der Waals surface area contributed by atoms with E-state index in [0.717, 1.165) is 22.9 Å². The van der Waals surface area contributed by atoms with Gasteiger partial charge < -0.3 is 57.8 Å². The standard InChI is InChI=1S/C55H74ClN5O18S/c1-32-13-10-18-42(73-9)55(71)30-41(76-51(68)57-55)33(2)49-54(4,78-49)43(29-37(62)28-36-26-35(25-32)27-40(72-8)48(36)56)77-50(67)34(3)60(7)44(63)21-24-80-53(70)59(6)23-22-58(5)52(69)75-39-16-11-14-38(15-12-17-39)74-31-47(66)79-61-45(64)19-20-46(61)65/h10-11,13,16,18,26-27,33-34,38-39,41-43,49,71H,12,14-15,17,19-25,28-31H2,1-9H3,(H,57,68)/b16-11+,18-10+,32-13+/t33-,34+,38?,39?,41+,42-,43+,49+,54+,55+/m1/s1. The van der Waals surface area contributed by atoms with E-state index in [4.69, 9.17) is 49.6 Å². The molecule has 3 aliphatic heterocycles. The molecule has 6 rings (SSSR count). The van der Waals surface area contributed by atoms with Gasteiger partial charge in [0, 0.05) is 91.5 Å². The Morgan fingerprint density at radius 3 is 2.40 bits per heavy atom. The number of thioether (sulfide) groups is 1. The highest BCUT2D eigenvalue weighted by Gasteiger charge is 2.64. The summed E-state index contributed by atoms with van der Waals surface area (Å²) in [5.74, 6) is -3.79. The molecule has 1 aromatic rings. The van der Waals surface area contributed by atoms with Crippen molar-refractivity contribution in [2.45, 2.75) is 152 Å². The second-order valence-corrected chi connectivity index (χ2v) is 22.4. The monoisotopic (exact) mass is 1160 g/mol. The van der Waals surface area contributed by atoms with Gasteiger partial charge in [0.25, 0.3) is 17.1 Å². The Bertz CT molecular complexity index is 2580. The molecule has 0 spiro atoms. The first-order valence-corrected chi connectivity index (χ1v) is 28.0. The number of hydrogen-bond acceptors (Lipinski definition) is 19. The van der Waals surface area contributed by atoms with Crippen LogP contribution in [0.5, 0.6) is 5.75 Å². The molecule has 0 aromatic heterocycles. The van der Waals surface area contributed by atoms with Gasteiger partial charge in [0.05, 0.1) is 24.3 Å². The molecule has 4 bridgehead atoms. The minimum Gasteiger partial charge on any atom is -0.495 e. The summed E-state index contributed by atoms with van der Waals surface area (Å²) < 4.78 is 40.7. The van der Waals surface area contributed by atoms with Crippen LogP contribution in [-0.2, 0) is 74.9 Å². The number of likely N-dealkylation sites (N-methyl/N-ethyl adjacent to an activating group) is 3. The zero-order chi connectivity index (χ0) is 58.6. The van der Waals surface area contributed by atoms with E-state index in [-0.39, 0.29) is 79.5 Å². The van der Waals surface area contributed by atoms with Crippen molar-refractivity contribution >= 4 is 76.2 Å². The largest absolute Gasteiger partial charge is 0.495 e. The van der Waals surface area contributed by atoms with Gasteiger partial charge >= 0.3 is 24.1 Å². The highest BCUT2D eigenvalue weighted by molar-refractivity contribution is 8.13. The molecule has 3 fully saturated rings. The number of fused-ring (bicyclic) bond motifs is 5. The van der Waals surface area contributed by atoms with Crippen LogP contribution in [-0.4, -0.2) is 193 Å². The number of benzene rings is 1. The molecule has 1 aromatic carbocycles. The number of ether oxygens (including phenoxy) is 7. The molecule has 80 heavy (non-hydrogen) atoms. The van der Waals surface area contributed by atoms with E-state index in [1.165, 1.54) is 42.9 Å². The molecule has 23 nitrogen and oxygen atoms in total. The van der Waals surface area contributed by atoms with E-state index in [2.05, 4.69) is 5.32 Å². The minimum absolute atomic E-state index is 0.0111. The molecular formula is C55H74ClN5O18S. The summed E-state index contributed by atoms with van der Waals surface area (Å²) in [6, 6.07) is 2.45. The Labute approximate surface area is 474 Å². The van der Waals surface area contributed by atoms with Gasteiger partial charge in [-0.2, -0.15) is 0 Å². The Morgan fingerprint density at radius 1 is 0.988 bits per heavy atom. The van der Waals surface area contributed by atoms with E-state index >= 15 is 0 Å². The number of imide groups is 1. The van der Waals surface area contributed by atoms with Crippen molar-refractivity contribution in [3.63, 3.8) is 0 Å². The van der Waals surface area contributed by atoms with Gasteiger partial charge in [0.15, 0.2) is 5.72 Å². The molecule has 2 N–H and O–H groups in total. The molecule has 3 heterocycles. The van der Waals surface area contributed by atoms with Gasteiger partial charge in [-0.15, -0.1) is 5.06 Å². The van der Waals surface area contributed by atoms with E-state index in [1.807, 2.05) is 19.1 Å². The van der Waals surface area contributed by atoms with E-state index in [9.17, 15) is 48.3 Å². The van der Waals surface area contributed by atoms with Crippen molar-refractivity contribution in [2.75, 3.05) is 60.8 Å². The van der Waals surface area contributed by atoms with Crippen LogP contribution in [0, 0.1) is 5.92 Å². The normalized spacial score (nSPS) is 28.9. The average molecular weight is 1160 g/mol. The second kappa shape index (κ2) is 28.1. The third-order valence-electron chi connectivity index (χ3n) is 14.9. The lowest BCUT2D eigenvalue weighted by molar-refractivity contribution is -0.201. The van der Waals surface area contributed by atoms with Gasteiger partial charge in [-0.3, -0.25) is 29.3 Å². The number of allylic oxidation sites excluding steroid dienone is 3. The Hall–Kier alpha value is -6.05. The number of carbonyl (C=O) groups is 9. The number of carbonyl (C=O) groups excluding carboxylic acids is 9. The fraction of sp³-hybridized carbons (Fsp3) is 0.618. The number of alkyl carbamates (subject to hydrolysis) is 1. The quantitative estimate of drug-likeness (QED) is 0.0689. The van der Waals surface area contributed by atoms with E-state index in [0.29, 0.717) is 48.5 Å². The number of nitrogens with zero attached hydrogens (tertiary/aromatic N) is 4. The fourth-order valence-electron chi connectivity index (χ4n) is 9.82. The minimum atomic E-state index is -1.88. The lowest BCUT2D eigenvalue weighted by atomic mass is 9.83. The number of Topliss-reactive ketones (excluding diaryl/α,β-unsaturated/α-hetero) is 1. The van der Waals surface area contributed by atoms with Crippen molar-refractivity contribution in [1.82, 2.24) is 25.1 Å². The molecule has 0 saturated carbocycles. The molecule has 2 aliphatic carbocycles. The van der Waals surface area contributed by atoms with Crippen molar-refractivity contribution in [1.29, 1.82) is 0 Å². The van der Waals surface area contributed by atoms with Gasteiger partial charge in [-0.05, 0) is 76.1 Å². The summed E-state index contributed by atoms with van der Waals surface area (Å²) in [6.07, 6.45) is 4.39. The van der Waals surface area contributed by atoms with Gasteiger partial charge in [0.1, 0.15) is 54.2 Å². The Morgan fingerprint density at radius 2 is 1.70 bits per heavy atom. The number of rotatable bonds is 16. The summed E-state index contributed by atoms with van der Waals surface area (Å²) >= 11 is 7.66. The highest BCUT2D eigenvalue weighted by Crippen LogP contribution is 2.49. The zero-order valence-corrected chi connectivity index (χ0v) is 48.3. The smallest absolute Gasteiger partial charge is 0.410 e. The first-order valence-electron chi connectivity index (χ1n) is 26.6. The van der Waals surface area contributed by atoms with Gasteiger partial charge in [0.2, 0.25) is 5.91 Å². The summed E-state index contributed by atoms with van der Waals surface area (Å²) in [4.78, 5) is 125. The number of nitrogens with one attached hydrogen (secondary N) is 1. The van der Waals surface area contributed by atoms with E-state index in [1.54, 1.807) is 58.3 Å². The average Bonchev–Trinajstić information content (AvgIpc) is 4.22. The number of methoxy groups -OCH3 is 2. The summed E-state index contributed by atoms with van der Waals surface area (Å²) in [6.45, 7) is 6.70. The van der Waals surface area contributed by atoms with Crippen LogP contribution in [0.25, 0.3) is 0 Å². The van der Waals surface area contributed by atoms with Crippen LogP contribution >= 0.6 is 23.4 Å². The topological polar surface area (TPSA) is 276 Å². The number of amides is 6. The maximum absolute atomic E-state index is 14.1. The first-order chi connectivity index (χ1) is 37.9. The molecule has 3 saturated heterocycles. The molecule has 10 atom stereocenters. The number of epoxide rings is 1. The lowest BCUT2D eigenvalue weighted by Gasteiger charge is -2.42.